The molecule has 1 heterocycles. The second kappa shape index (κ2) is 8.85. The predicted octanol–water partition coefficient (Wildman–Crippen LogP) is 3.23. The molecule has 0 aliphatic heterocycles. The zero-order chi connectivity index (χ0) is 18.5. The molecule has 0 aromatic carbocycles. The van der Waals surface area contributed by atoms with E-state index in [1.165, 1.54) is 37.1 Å². The summed E-state index contributed by atoms with van der Waals surface area (Å²) in [7, 11) is 6.00. The molecule has 0 spiro atoms. The second-order valence-electron chi connectivity index (χ2n) is 8.13. The Hall–Kier alpha value is -1.62. The van der Waals surface area contributed by atoms with Gasteiger partial charge < -0.3 is 10.2 Å². The lowest BCUT2D eigenvalue weighted by Crippen LogP contribution is -2.37. The first-order chi connectivity index (χ1) is 12.6. The molecule has 0 radical (unpaired) electrons. The Morgan fingerprint density at radius 2 is 2.04 bits per heavy atom. The van der Waals surface area contributed by atoms with Crippen LogP contribution in [0.5, 0.6) is 0 Å². The van der Waals surface area contributed by atoms with Crippen LogP contribution in [-0.4, -0.2) is 41.2 Å². The molecule has 1 aromatic rings. The summed E-state index contributed by atoms with van der Waals surface area (Å²) in [5.74, 6) is 1.77. The molecule has 1 aromatic heterocycles. The van der Waals surface area contributed by atoms with Crippen molar-refractivity contribution in [2.45, 2.75) is 57.4 Å². The summed E-state index contributed by atoms with van der Waals surface area (Å²) in [5, 5.41) is 7.94. The van der Waals surface area contributed by atoms with Gasteiger partial charge in [0.15, 0.2) is 0 Å². The third-order valence-corrected chi connectivity index (χ3v) is 6.15. The van der Waals surface area contributed by atoms with E-state index in [-0.39, 0.29) is 5.92 Å². The van der Waals surface area contributed by atoms with Gasteiger partial charge in [-0.15, -0.1) is 0 Å². The van der Waals surface area contributed by atoms with Crippen molar-refractivity contribution in [3.05, 3.63) is 29.6 Å². The van der Waals surface area contributed by atoms with E-state index >= 15 is 0 Å². The van der Waals surface area contributed by atoms with E-state index < -0.39 is 0 Å². The highest BCUT2D eigenvalue weighted by molar-refractivity contribution is 5.78. The number of aryl methyl sites for hydroxylation is 1. The van der Waals surface area contributed by atoms with Crippen LogP contribution in [0.15, 0.2) is 18.2 Å². The lowest BCUT2D eigenvalue weighted by Gasteiger charge is -2.32. The Labute approximate surface area is 157 Å². The number of hydrogen-bond donors (Lipinski definition) is 1. The molecular weight excluding hydrogens is 324 g/mol. The van der Waals surface area contributed by atoms with Gasteiger partial charge in [-0.05, 0) is 64.0 Å². The van der Waals surface area contributed by atoms with Gasteiger partial charge in [-0.25, -0.2) is 0 Å². The van der Waals surface area contributed by atoms with Crippen molar-refractivity contribution < 1.29 is 4.79 Å². The minimum Gasteiger partial charge on any atom is -0.345 e. The fourth-order valence-electron chi connectivity index (χ4n) is 4.52. The Morgan fingerprint density at radius 1 is 1.27 bits per heavy atom. The molecule has 1 saturated carbocycles. The molecule has 0 unspecified atom stereocenters. The topological polar surface area (TPSA) is 50.2 Å². The van der Waals surface area contributed by atoms with E-state index in [2.05, 4.69) is 23.5 Å². The van der Waals surface area contributed by atoms with Crippen LogP contribution in [-0.2, 0) is 18.4 Å². The van der Waals surface area contributed by atoms with E-state index in [9.17, 15) is 4.79 Å². The fourth-order valence-corrected chi connectivity index (χ4v) is 4.52. The summed E-state index contributed by atoms with van der Waals surface area (Å²) in [6.45, 7) is 1.78. The number of nitrogens with one attached hydrogen (secondary N) is 1. The van der Waals surface area contributed by atoms with Gasteiger partial charge in [-0.1, -0.05) is 12.2 Å². The molecule has 1 N–H and O–H groups in total. The summed E-state index contributed by atoms with van der Waals surface area (Å²) < 4.78 is 2.00. The monoisotopic (exact) mass is 358 g/mol. The van der Waals surface area contributed by atoms with Crippen LogP contribution >= 0.6 is 0 Å². The maximum absolute atomic E-state index is 12.6. The molecule has 5 heteroatoms. The van der Waals surface area contributed by atoms with E-state index in [4.69, 9.17) is 5.10 Å². The highest BCUT2D eigenvalue weighted by Crippen LogP contribution is 2.36. The molecule has 144 valence electrons. The third-order valence-electron chi connectivity index (χ3n) is 6.15. The Balaban J connectivity index is 1.48. The van der Waals surface area contributed by atoms with Crippen LogP contribution < -0.4 is 5.32 Å². The van der Waals surface area contributed by atoms with Gasteiger partial charge in [-0.2, -0.15) is 5.10 Å². The smallest absolute Gasteiger partial charge is 0.225 e. The highest BCUT2D eigenvalue weighted by Gasteiger charge is 2.28. The average molecular weight is 359 g/mol. The van der Waals surface area contributed by atoms with Crippen molar-refractivity contribution in [2.75, 3.05) is 20.6 Å². The number of hydrogen-bond acceptors (Lipinski definition) is 3. The highest BCUT2D eigenvalue weighted by atomic mass is 16.2. The number of carbonyl (C=O) groups excluding carboxylic acids is 1. The summed E-state index contributed by atoms with van der Waals surface area (Å²) in [6.07, 6.45) is 12.1. The van der Waals surface area contributed by atoms with Crippen molar-refractivity contribution in [1.82, 2.24) is 20.0 Å². The molecule has 1 fully saturated rings. The zero-order valence-corrected chi connectivity index (χ0v) is 16.6. The van der Waals surface area contributed by atoms with Gasteiger partial charge >= 0.3 is 0 Å². The van der Waals surface area contributed by atoms with Crippen LogP contribution in [0.2, 0.25) is 0 Å². The molecule has 0 bridgehead atoms. The van der Waals surface area contributed by atoms with Crippen molar-refractivity contribution in [1.29, 1.82) is 0 Å². The maximum Gasteiger partial charge on any atom is 0.225 e. The van der Waals surface area contributed by atoms with Gasteiger partial charge in [0.05, 0.1) is 11.4 Å². The van der Waals surface area contributed by atoms with Gasteiger partial charge in [0.1, 0.15) is 0 Å². The number of carbonyl (C=O) groups is 1. The quantitative estimate of drug-likeness (QED) is 0.794. The molecule has 3 rings (SSSR count). The van der Waals surface area contributed by atoms with Crippen molar-refractivity contribution in [2.24, 2.45) is 18.9 Å². The SMILES string of the molecule is CNCc1cc(C2CCC(CN(C)C(=O)[C@H]3CC=CCC3)CC2)nn1C. The number of nitrogens with zero attached hydrogens (tertiary/aromatic N) is 3. The summed E-state index contributed by atoms with van der Waals surface area (Å²) in [6, 6.07) is 2.26. The minimum atomic E-state index is 0.209. The van der Waals surface area contributed by atoms with Gasteiger partial charge in [0.25, 0.3) is 0 Å². The molecule has 2 aliphatic carbocycles. The van der Waals surface area contributed by atoms with Gasteiger partial charge in [0.2, 0.25) is 5.91 Å². The molecule has 1 amide bonds. The van der Waals surface area contributed by atoms with Gasteiger partial charge in [0, 0.05) is 39.0 Å². The van der Waals surface area contributed by atoms with Crippen LogP contribution in [0.3, 0.4) is 0 Å². The minimum absolute atomic E-state index is 0.209. The lowest BCUT2D eigenvalue weighted by molar-refractivity contribution is -0.135. The van der Waals surface area contributed by atoms with E-state index in [1.54, 1.807) is 0 Å². The normalized spacial score (nSPS) is 26.0. The van der Waals surface area contributed by atoms with Crippen LogP contribution in [0.25, 0.3) is 0 Å². The number of amides is 1. The average Bonchev–Trinajstić information content (AvgIpc) is 3.03. The van der Waals surface area contributed by atoms with Crippen LogP contribution in [0.4, 0.5) is 0 Å². The van der Waals surface area contributed by atoms with Gasteiger partial charge in [-0.3, -0.25) is 9.48 Å². The molecule has 26 heavy (non-hydrogen) atoms. The van der Waals surface area contributed by atoms with E-state index in [0.717, 1.165) is 32.4 Å². The number of allylic oxidation sites excluding steroid dienone is 2. The van der Waals surface area contributed by atoms with E-state index in [1.807, 2.05) is 30.7 Å². The lowest BCUT2D eigenvalue weighted by atomic mass is 9.80. The maximum atomic E-state index is 12.6. The Bertz CT molecular complexity index is 628. The largest absolute Gasteiger partial charge is 0.345 e. The standard InChI is InChI=1S/C21H34N4O/c1-22-14-19-13-20(23-25(19)3)17-11-9-16(10-12-17)15-24(2)21(26)18-7-5-4-6-8-18/h4-5,13,16-18,22H,6-12,14-15H2,1-3H3/t16?,17?,18-/m0/s1. The first-order valence-corrected chi connectivity index (χ1v) is 10.2. The molecule has 2 aliphatic rings. The number of rotatable bonds is 6. The van der Waals surface area contributed by atoms with Crippen LogP contribution in [0, 0.1) is 11.8 Å². The third kappa shape index (κ3) is 4.56. The summed E-state index contributed by atoms with van der Waals surface area (Å²) >= 11 is 0. The molecule has 0 saturated heterocycles. The van der Waals surface area contributed by atoms with Crippen molar-refractivity contribution >= 4 is 5.91 Å². The summed E-state index contributed by atoms with van der Waals surface area (Å²) in [4.78, 5) is 14.6. The zero-order valence-electron chi connectivity index (χ0n) is 16.6. The first kappa shape index (κ1) is 19.2. The fraction of sp³-hybridized carbons (Fsp3) is 0.714. The first-order valence-electron chi connectivity index (χ1n) is 10.2. The Morgan fingerprint density at radius 3 is 2.69 bits per heavy atom. The Kier molecular flexibility index (Phi) is 6.52. The van der Waals surface area contributed by atoms with Crippen molar-refractivity contribution in [3.63, 3.8) is 0 Å². The predicted molar refractivity (Wildman–Crippen MR) is 105 cm³/mol. The molecule has 1 atom stereocenters. The van der Waals surface area contributed by atoms with E-state index in [0.29, 0.717) is 17.7 Å². The second-order valence-corrected chi connectivity index (χ2v) is 8.13. The summed E-state index contributed by atoms with van der Waals surface area (Å²) in [5.41, 5.74) is 2.49. The number of aromatic nitrogens is 2. The van der Waals surface area contributed by atoms with Crippen LogP contribution in [0.1, 0.15) is 62.3 Å². The molecule has 5 nitrogen and oxygen atoms in total. The van der Waals surface area contributed by atoms with Crippen molar-refractivity contribution in [3.8, 4) is 0 Å². The molecular formula is C21H34N4O.